The highest BCUT2D eigenvalue weighted by Gasteiger charge is 2.17. The van der Waals surface area contributed by atoms with Gasteiger partial charge in [0.2, 0.25) is 5.88 Å². The van der Waals surface area contributed by atoms with E-state index in [1.807, 2.05) is 24.4 Å². The first kappa shape index (κ1) is 14.7. The molecule has 4 rings (SSSR count). The summed E-state index contributed by atoms with van der Waals surface area (Å²) in [6.45, 7) is 0. The number of carbonyl (C=O) groups excluding carboxylic acids is 1. The highest BCUT2D eigenvalue weighted by atomic mass is 16.5. The molecule has 24 heavy (non-hydrogen) atoms. The molecule has 1 N–H and O–H groups in total. The summed E-state index contributed by atoms with van der Waals surface area (Å²) in [5.41, 5.74) is 2.15. The normalized spacial score (nSPS) is 14.8. The summed E-state index contributed by atoms with van der Waals surface area (Å²) >= 11 is 0. The fourth-order valence-electron chi connectivity index (χ4n) is 2.96. The number of nitrogens with zero attached hydrogens (tertiary/aromatic N) is 3. The number of aromatic nitrogens is 3. The van der Waals surface area contributed by atoms with Gasteiger partial charge in [0, 0.05) is 30.3 Å². The summed E-state index contributed by atoms with van der Waals surface area (Å²) in [6, 6.07) is 9.06. The Hall–Kier alpha value is -2.89. The van der Waals surface area contributed by atoms with Crippen LogP contribution in [0.5, 0.6) is 5.88 Å². The minimum absolute atomic E-state index is 0.196. The summed E-state index contributed by atoms with van der Waals surface area (Å²) in [7, 11) is 0. The van der Waals surface area contributed by atoms with Crippen LogP contribution < -0.4 is 10.1 Å². The van der Waals surface area contributed by atoms with Gasteiger partial charge in [0.05, 0.1) is 11.1 Å². The Morgan fingerprint density at radius 1 is 1.21 bits per heavy atom. The second kappa shape index (κ2) is 6.31. The number of fused-ring (bicyclic) bond motifs is 1. The summed E-state index contributed by atoms with van der Waals surface area (Å²) in [5, 5.41) is 7.00. The average molecular weight is 322 g/mol. The quantitative estimate of drug-likeness (QED) is 0.800. The van der Waals surface area contributed by atoms with Crippen LogP contribution in [-0.2, 0) is 0 Å². The van der Waals surface area contributed by atoms with Crippen LogP contribution in [0.25, 0.3) is 5.52 Å². The minimum Gasteiger partial charge on any atom is -0.474 e. The van der Waals surface area contributed by atoms with Gasteiger partial charge in [-0.3, -0.25) is 4.79 Å². The molecule has 0 atom stereocenters. The van der Waals surface area contributed by atoms with Crippen LogP contribution >= 0.6 is 0 Å². The Bertz CT molecular complexity index is 851. The zero-order valence-electron chi connectivity index (χ0n) is 13.2. The van der Waals surface area contributed by atoms with E-state index in [2.05, 4.69) is 15.4 Å². The van der Waals surface area contributed by atoms with Crippen LogP contribution in [0.15, 0.2) is 48.9 Å². The third kappa shape index (κ3) is 3.08. The Morgan fingerprint density at radius 3 is 2.88 bits per heavy atom. The molecular weight excluding hydrogens is 304 g/mol. The molecule has 3 aromatic heterocycles. The van der Waals surface area contributed by atoms with Gasteiger partial charge in [0.25, 0.3) is 5.91 Å². The van der Waals surface area contributed by atoms with Crippen molar-refractivity contribution in [3.63, 3.8) is 0 Å². The van der Waals surface area contributed by atoms with Crippen LogP contribution in [0.1, 0.15) is 36.0 Å². The van der Waals surface area contributed by atoms with Gasteiger partial charge in [-0.05, 0) is 49.9 Å². The molecule has 1 amide bonds. The Balaban J connectivity index is 1.43. The van der Waals surface area contributed by atoms with E-state index < -0.39 is 0 Å². The Kier molecular flexibility index (Phi) is 3.86. The molecule has 1 saturated carbocycles. The molecule has 0 saturated heterocycles. The largest absolute Gasteiger partial charge is 0.474 e. The monoisotopic (exact) mass is 322 g/mol. The highest BCUT2D eigenvalue weighted by molar-refractivity contribution is 6.04. The molecule has 122 valence electrons. The van der Waals surface area contributed by atoms with Crippen LogP contribution in [0.4, 0.5) is 5.69 Å². The van der Waals surface area contributed by atoms with Crippen molar-refractivity contribution in [3.8, 4) is 5.88 Å². The lowest BCUT2D eigenvalue weighted by Crippen LogP contribution is -2.14. The van der Waals surface area contributed by atoms with E-state index in [1.165, 1.54) is 12.8 Å². The zero-order chi connectivity index (χ0) is 16.4. The van der Waals surface area contributed by atoms with Gasteiger partial charge in [-0.2, -0.15) is 5.10 Å². The number of hydrogen-bond donors (Lipinski definition) is 1. The lowest BCUT2D eigenvalue weighted by atomic mass is 10.2. The summed E-state index contributed by atoms with van der Waals surface area (Å²) < 4.78 is 7.56. The van der Waals surface area contributed by atoms with E-state index in [0.717, 1.165) is 24.0 Å². The molecule has 0 aliphatic heterocycles. The van der Waals surface area contributed by atoms with E-state index in [9.17, 15) is 4.79 Å². The lowest BCUT2D eigenvalue weighted by Gasteiger charge is -2.12. The maximum Gasteiger partial charge on any atom is 0.257 e. The standard InChI is InChI=1S/C18H18N4O2/c23-18(21-14-8-10-22-15(11-14)7-9-20-22)13-5-6-17(19-12-13)24-16-3-1-2-4-16/h5-12,16H,1-4H2,(H,21,23). The summed E-state index contributed by atoms with van der Waals surface area (Å²) in [6.07, 6.45) is 9.94. The van der Waals surface area contributed by atoms with E-state index in [1.54, 1.807) is 29.0 Å². The van der Waals surface area contributed by atoms with Crippen LogP contribution in [-0.4, -0.2) is 26.6 Å². The number of pyridine rings is 2. The zero-order valence-corrected chi connectivity index (χ0v) is 13.2. The second-order valence-corrected chi connectivity index (χ2v) is 5.98. The van der Waals surface area contributed by atoms with Crippen LogP contribution in [0.2, 0.25) is 0 Å². The lowest BCUT2D eigenvalue weighted by molar-refractivity contribution is 0.102. The molecule has 1 fully saturated rings. The predicted octanol–water partition coefficient (Wildman–Crippen LogP) is 3.30. The molecule has 6 heteroatoms. The van der Waals surface area contributed by atoms with E-state index in [-0.39, 0.29) is 12.0 Å². The van der Waals surface area contributed by atoms with Crippen LogP contribution in [0, 0.1) is 0 Å². The maximum atomic E-state index is 12.3. The number of carbonyl (C=O) groups is 1. The fourth-order valence-corrected chi connectivity index (χ4v) is 2.96. The smallest absolute Gasteiger partial charge is 0.257 e. The van der Waals surface area contributed by atoms with Gasteiger partial charge in [-0.25, -0.2) is 9.50 Å². The highest BCUT2D eigenvalue weighted by Crippen LogP contribution is 2.23. The van der Waals surface area contributed by atoms with Crippen molar-refractivity contribution >= 4 is 17.1 Å². The summed E-state index contributed by atoms with van der Waals surface area (Å²) in [4.78, 5) is 16.6. The molecule has 0 aromatic carbocycles. The topological polar surface area (TPSA) is 68.5 Å². The molecule has 0 unspecified atom stereocenters. The van der Waals surface area contributed by atoms with Gasteiger partial charge < -0.3 is 10.1 Å². The molecule has 0 spiro atoms. The first-order chi connectivity index (χ1) is 11.8. The molecule has 6 nitrogen and oxygen atoms in total. The number of ether oxygens (including phenoxy) is 1. The number of rotatable bonds is 4. The van der Waals surface area contributed by atoms with Crippen molar-refractivity contribution in [2.24, 2.45) is 0 Å². The molecule has 1 aliphatic rings. The van der Waals surface area contributed by atoms with Gasteiger partial charge in [0.1, 0.15) is 6.10 Å². The summed E-state index contributed by atoms with van der Waals surface area (Å²) in [5.74, 6) is 0.387. The first-order valence-corrected chi connectivity index (χ1v) is 8.15. The number of anilines is 1. The fraction of sp³-hybridized carbons (Fsp3) is 0.278. The molecule has 3 aromatic rings. The number of amides is 1. The van der Waals surface area contributed by atoms with E-state index >= 15 is 0 Å². The van der Waals surface area contributed by atoms with Crippen molar-refractivity contribution in [1.82, 2.24) is 14.6 Å². The van der Waals surface area contributed by atoms with Crippen molar-refractivity contribution in [2.75, 3.05) is 5.32 Å². The molecular formula is C18H18N4O2. The minimum atomic E-state index is -0.196. The Morgan fingerprint density at radius 2 is 2.08 bits per heavy atom. The molecule has 1 aliphatic carbocycles. The van der Waals surface area contributed by atoms with Gasteiger partial charge in [-0.1, -0.05) is 0 Å². The van der Waals surface area contributed by atoms with Crippen molar-refractivity contribution < 1.29 is 9.53 Å². The van der Waals surface area contributed by atoms with Crippen molar-refractivity contribution in [3.05, 3.63) is 54.5 Å². The van der Waals surface area contributed by atoms with Gasteiger partial charge in [0.15, 0.2) is 0 Å². The van der Waals surface area contributed by atoms with Gasteiger partial charge in [-0.15, -0.1) is 0 Å². The molecule has 3 heterocycles. The van der Waals surface area contributed by atoms with Gasteiger partial charge >= 0.3 is 0 Å². The van der Waals surface area contributed by atoms with E-state index in [0.29, 0.717) is 11.4 Å². The average Bonchev–Trinajstić information content (AvgIpc) is 3.26. The van der Waals surface area contributed by atoms with E-state index in [4.69, 9.17) is 4.74 Å². The Labute approximate surface area is 139 Å². The molecule has 0 bridgehead atoms. The third-order valence-electron chi connectivity index (χ3n) is 4.25. The first-order valence-electron chi connectivity index (χ1n) is 8.15. The SMILES string of the molecule is O=C(Nc1ccn2nccc2c1)c1ccc(OC2CCCC2)nc1. The van der Waals surface area contributed by atoms with Crippen LogP contribution in [0.3, 0.4) is 0 Å². The maximum absolute atomic E-state index is 12.3. The number of nitrogens with one attached hydrogen (secondary N) is 1. The third-order valence-corrected chi connectivity index (χ3v) is 4.25. The van der Waals surface area contributed by atoms with Crippen molar-refractivity contribution in [2.45, 2.75) is 31.8 Å². The van der Waals surface area contributed by atoms with Crippen molar-refractivity contribution in [1.29, 1.82) is 0 Å². The molecule has 0 radical (unpaired) electrons. The number of hydrogen-bond acceptors (Lipinski definition) is 4. The second-order valence-electron chi connectivity index (χ2n) is 5.98. The predicted molar refractivity (Wildman–Crippen MR) is 90.3 cm³/mol.